The van der Waals surface area contributed by atoms with Gasteiger partial charge in [-0.2, -0.15) is 18.3 Å². The van der Waals surface area contributed by atoms with Gasteiger partial charge in [-0.05, 0) is 32.4 Å². The van der Waals surface area contributed by atoms with Crippen LogP contribution in [0, 0.1) is 13.8 Å². The summed E-state index contributed by atoms with van der Waals surface area (Å²) >= 11 is 0. The Labute approximate surface area is 181 Å². The van der Waals surface area contributed by atoms with Crippen molar-refractivity contribution < 1.29 is 13.2 Å². The second-order valence-corrected chi connectivity index (χ2v) is 7.90. The van der Waals surface area contributed by atoms with Crippen LogP contribution in [0.2, 0.25) is 0 Å². The fraction of sp³-hybridized carbons (Fsp3) is 0.545. The third kappa shape index (κ3) is 5.78. The third-order valence-electron chi connectivity index (χ3n) is 5.71. The molecule has 1 fully saturated rings. The third-order valence-corrected chi connectivity index (χ3v) is 5.71. The maximum Gasteiger partial charge on any atom is 0.416 e. The topological polar surface area (TPSA) is 48.7 Å². The quantitative estimate of drug-likeness (QED) is 0.577. The number of hydrogen-bond donors (Lipinski definition) is 1. The number of aromatic nitrogens is 2. The van der Waals surface area contributed by atoms with Crippen LogP contribution in [0.15, 0.2) is 29.3 Å². The van der Waals surface area contributed by atoms with Crippen molar-refractivity contribution in [1.82, 2.24) is 24.9 Å². The summed E-state index contributed by atoms with van der Waals surface area (Å²) in [6.07, 6.45) is -4.31. The highest BCUT2D eigenvalue weighted by atomic mass is 19.4. The first kappa shape index (κ1) is 23.1. The van der Waals surface area contributed by atoms with E-state index in [1.54, 1.807) is 6.07 Å². The summed E-state index contributed by atoms with van der Waals surface area (Å²) in [5.74, 6) is 0.865. The molecule has 31 heavy (non-hydrogen) atoms. The number of nitrogens with zero attached hydrogens (tertiary/aromatic N) is 5. The lowest BCUT2D eigenvalue weighted by molar-refractivity contribution is -0.137. The molecule has 6 nitrogen and oxygen atoms in total. The van der Waals surface area contributed by atoms with Gasteiger partial charge >= 0.3 is 6.18 Å². The van der Waals surface area contributed by atoms with E-state index in [0.29, 0.717) is 18.7 Å². The second-order valence-electron chi connectivity index (χ2n) is 7.90. The van der Waals surface area contributed by atoms with E-state index in [1.807, 2.05) is 32.5 Å². The molecule has 0 saturated carbocycles. The van der Waals surface area contributed by atoms with E-state index in [-0.39, 0.29) is 0 Å². The summed E-state index contributed by atoms with van der Waals surface area (Å²) in [5.41, 5.74) is 3.34. The average molecular weight is 437 g/mol. The van der Waals surface area contributed by atoms with E-state index in [0.717, 1.165) is 61.7 Å². The molecule has 1 saturated heterocycles. The number of rotatable bonds is 5. The van der Waals surface area contributed by atoms with Gasteiger partial charge in [-0.15, -0.1) is 0 Å². The van der Waals surface area contributed by atoms with E-state index in [9.17, 15) is 13.2 Å². The minimum absolute atomic E-state index is 0.513. The number of benzene rings is 1. The van der Waals surface area contributed by atoms with Crippen LogP contribution in [-0.4, -0.2) is 58.3 Å². The van der Waals surface area contributed by atoms with Crippen molar-refractivity contribution >= 4 is 5.96 Å². The van der Waals surface area contributed by atoms with E-state index < -0.39 is 11.7 Å². The van der Waals surface area contributed by atoms with Crippen LogP contribution in [0.3, 0.4) is 0 Å². The van der Waals surface area contributed by atoms with Gasteiger partial charge in [0.05, 0.1) is 17.8 Å². The molecule has 3 rings (SSSR count). The Morgan fingerprint density at radius 3 is 2.45 bits per heavy atom. The van der Waals surface area contributed by atoms with Gasteiger partial charge in [0, 0.05) is 57.6 Å². The van der Waals surface area contributed by atoms with Gasteiger partial charge in [-0.25, -0.2) is 4.99 Å². The fourth-order valence-corrected chi connectivity index (χ4v) is 3.85. The zero-order chi connectivity index (χ0) is 22.6. The highest BCUT2D eigenvalue weighted by Crippen LogP contribution is 2.29. The number of nitrogens with one attached hydrogen (secondary N) is 1. The first-order valence-corrected chi connectivity index (χ1v) is 10.6. The standard InChI is InChI=1S/C22H31F3N6/c1-5-26-21(27-14-20-16(2)28-29(4)17(20)3)31-11-9-30(10-12-31)15-18-7-6-8-19(13-18)22(23,24)25/h6-8,13H,5,9-12,14-15H2,1-4H3,(H,26,27). The minimum atomic E-state index is -4.31. The molecule has 2 aromatic rings. The normalized spacial score (nSPS) is 16.1. The number of piperazine rings is 1. The molecule has 0 atom stereocenters. The Morgan fingerprint density at radius 2 is 1.87 bits per heavy atom. The molecule has 1 aromatic heterocycles. The molecule has 0 radical (unpaired) electrons. The Balaban J connectivity index is 1.61. The van der Waals surface area contributed by atoms with Crippen LogP contribution in [-0.2, 0) is 26.3 Å². The van der Waals surface area contributed by atoms with E-state index in [4.69, 9.17) is 4.99 Å². The summed E-state index contributed by atoms with van der Waals surface area (Å²) in [7, 11) is 1.93. The Bertz CT molecular complexity index is 910. The van der Waals surface area contributed by atoms with Crippen LogP contribution in [0.25, 0.3) is 0 Å². The number of alkyl halides is 3. The fourth-order valence-electron chi connectivity index (χ4n) is 3.85. The van der Waals surface area contributed by atoms with Gasteiger partial charge < -0.3 is 10.2 Å². The van der Waals surface area contributed by atoms with Crippen molar-refractivity contribution in [3.8, 4) is 0 Å². The molecule has 0 bridgehead atoms. The van der Waals surface area contributed by atoms with Crippen LogP contribution in [0.1, 0.15) is 35.0 Å². The highest BCUT2D eigenvalue weighted by Gasteiger charge is 2.30. The summed E-state index contributed by atoms with van der Waals surface area (Å²) in [4.78, 5) is 9.23. The highest BCUT2D eigenvalue weighted by molar-refractivity contribution is 5.80. The van der Waals surface area contributed by atoms with Gasteiger partial charge in [0.25, 0.3) is 0 Å². The molecule has 2 heterocycles. The van der Waals surface area contributed by atoms with Crippen molar-refractivity contribution in [1.29, 1.82) is 0 Å². The second kappa shape index (κ2) is 9.72. The average Bonchev–Trinajstić information content (AvgIpc) is 2.97. The van der Waals surface area contributed by atoms with Crippen molar-refractivity contribution in [2.45, 2.75) is 40.0 Å². The largest absolute Gasteiger partial charge is 0.416 e. The maximum absolute atomic E-state index is 13.0. The lowest BCUT2D eigenvalue weighted by Gasteiger charge is -2.36. The Kier molecular flexibility index (Phi) is 7.25. The zero-order valence-corrected chi connectivity index (χ0v) is 18.6. The summed E-state index contributed by atoms with van der Waals surface area (Å²) in [6.45, 7) is 11.0. The molecular formula is C22H31F3N6. The number of halogens is 3. The summed E-state index contributed by atoms with van der Waals surface area (Å²) in [6, 6.07) is 5.60. The van der Waals surface area contributed by atoms with Crippen LogP contribution in [0.4, 0.5) is 13.2 Å². The molecule has 0 unspecified atom stereocenters. The SMILES string of the molecule is CCNC(=NCc1c(C)nn(C)c1C)N1CCN(Cc2cccc(C(F)(F)F)c2)CC1. The zero-order valence-electron chi connectivity index (χ0n) is 18.6. The molecule has 9 heteroatoms. The molecular weight excluding hydrogens is 405 g/mol. The maximum atomic E-state index is 13.0. The van der Waals surface area contributed by atoms with Gasteiger partial charge in [-0.3, -0.25) is 9.58 Å². The summed E-state index contributed by atoms with van der Waals surface area (Å²) < 4.78 is 40.8. The number of aliphatic imine (C=N–C) groups is 1. The molecule has 1 aliphatic heterocycles. The van der Waals surface area contributed by atoms with Gasteiger partial charge in [0.1, 0.15) is 0 Å². The smallest absolute Gasteiger partial charge is 0.357 e. The number of aryl methyl sites for hydroxylation is 2. The lowest BCUT2D eigenvalue weighted by Crippen LogP contribution is -2.52. The van der Waals surface area contributed by atoms with E-state index >= 15 is 0 Å². The van der Waals surface area contributed by atoms with Gasteiger partial charge in [-0.1, -0.05) is 18.2 Å². The monoisotopic (exact) mass is 436 g/mol. The van der Waals surface area contributed by atoms with Crippen molar-refractivity contribution in [3.63, 3.8) is 0 Å². The van der Waals surface area contributed by atoms with Crippen LogP contribution in [0.5, 0.6) is 0 Å². The number of hydrogen-bond acceptors (Lipinski definition) is 3. The molecule has 0 spiro atoms. The lowest BCUT2D eigenvalue weighted by atomic mass is 10.1. The minimum Gasteiger partial charge on any atom is -0.357 e. The Hall–Kier alpha value is -2.55. The number of guanidine groups is 1. The molecule has 170 valence electrons. The Morgan fingerprint density at radius 1 is 1.16 bits per heavy atom. The molecule has 0 aliphatic carbocycles. The molecule has 1 aliphatic rings. The van der Waals surface area contributed by atoms with Crippen molar-refractivity contribution in [2.24, 2.45) is 12.0 Å². The predicted octanol–water partition coefficient (Wildman–Crippen LogP) is 3.34. The van der Waals surface area contributed by atoms with Gasteiger partial charge in [0.2, 0.25) is 0 Å². The predicted molar refractivity (Wildman–Crippen MR) is 116 cm³/mol. The molecule has 1 N–H and O–H groups in total. The first-order chi connectivity index (χ1) is 14.7. The van der Waals surface area contributed by atoms with E-state index in [1.165, 1.54) is 12.1 Å². The van der Waals surface area contributed by atoms with Crippen molar-refractivity contribution in [3.05, 3.63) is 52.3 Å². The van der Waals surface area contributed by atoms with Crippen LogP contribution < -0.4 is 5.32 Å². The summed E-state index contributed by atoms with van der Waals surface area (Å²) in [5, 5.41) is 7.82. The molecule has 1 aromatic carbocycles. The van der Waals surface area contributed by atoms with Gasteiger partial charge in [0.15, 0.2) is 5.96 Å². The van der Waals surface area contributed by atoms with Crippen LogP contribution >= 0.6 is 0 Å². The van der Waals surface area contributed by atoms with Crippen molar-refractivity contribution in [2.75, 3.05) is 32.7 Å². The first-order valence-electron chi connectivity index (χ1n) is 10.6. The molecule has 0 amide bonds. The van der Waals surface area contributed by atoms with E-state index in [2.05, 4.69) is 20.2 Å².